The van der Waals surface area contributed by atoms with Gasteiger partial charge in [-0.15, -0.1) is 6.42 Å². The van der Waals surface area contributed by atoms with Crippen molar-refractivity contribution in [3.05, 3.63) is 11.3 Å². The number of carbonyl (C=O) groups is 1. The van der Waals surface area contributed by atoms with Crippen molar-refractivity contribution in [2.24, 2.45) is 0 Å². The van der Waals surface area contributed by atoms with Crippen LogP contribution in [0.2, 0.25) is 0 Å². The Bertz CT molecular complexity index is 283. The van der Waals surface area contributed by atoms with Crippen LogP contribution in [0, 0.1) is 12.3 Å². The van der Waals surface area contributed by atoms with Crippen molar-refractivity contribution in [1.29, 1.82) is 0 Å². The lowest BCUT2D eigenvalue weighted by atomic mass is 10.1. The Labute approximate surface area is 77.7 Å². The first-order valence-corrected chi connectivity index (χ1v) is 4.18. The maximum absolute atomic E-state index is 11.3. The summed E-state index contributed by atoms with van der Waals surface area (Å²) in [5, 5.41) is 0. The molecule has 0 N–H and O–H groups in total. The summed E-state index contributed by atoms with van der Waals surface area (Å²) in [6.07, 6.45) is 5.33. The molecule has 1 aliphatic heterocycles. The molecule has 0 amide bonds. The third-order valence-electron chi connectivity index (χ3n) is 1.84. The molecule has 0 aromatic rings. The van der Waals surface area contributed by atoms with Gasteiger partial charge in [-0.05, 0) is 13.8 Å². The van der Waals surface area contributed by atoms with Crippen LogP contribution in [-0.4, -0.2) is 18.7 Å². The summed E-state index contributed by atoms with van der Waals surface area (Å²) in [6.45, 7) is 3.86. The Hall–Kier alpha value is -1.43. The van der Waals surface area contributed by atoms with E-state index >= 15 is 0 Å². The Kier molecular flexibility index (Phi) is 2.97. The lowest BCUT2D eigenvalue weighted by Crippen LogP contribution is -2.08. The van der Waals surface area contributed by atoms with Crippen molar-refractivity contribution in [2.45, 2.75) is 26.4 Å². The number of hydrogen-bond acceptors (Lipinski definition) is 3. The molecule has 13 heavy (non-hydrogen) atoms. The lowest BCUT2D eigenvalue weighted by molar-refractivity contribution is -0.138. The summed E-state index contributed by atoms with van der Waals surface area (Å²) in [6, 6.07) is 0. The predicted molar refractivity (Wildman–Crippen MR) is 47.7 cm³/mol. The van der Waals surface area contributed by atoms with Crippen molar-refractivity contribution in [1.82, 2.24) is 0 Å². The molecule has 1 atom stereocenters. The molecule has 0 aromatic heterocycles. The Morgan fingerprint density at radius 3 is 3.00 bits per heavy atom. The quantitative estimate of drug-likeness (QED) is 0.474. The van der Waals surface area contributed by atoms with E-state index in [1.807, 2.05) is 0 Å². The normalized spacial score (nSPS) is 20.8. The zero-order valence-corrected chi connectivity index (χ0v) is 7.79. The molecule has 1 unspecified atom stereocenters. The maximum Gasteiger partial charge on any atom is 0.337 e. The van der Waals surface area contributed by atoms with Crippen molar-refractivity contribution in [3.63, 3.8) is 0 Å². The number of rotatable bonds is 2. The minimum absolute atomic E-state index is 0.306. The number of esters is 1. The summed E-state index contributed by atoms with van der Waals surface area (Å²) in [5.41, 5.74) is 0.560. The standard InChI is InChI=1S/C10H12O3/c1-4-8-6-9(7(3)13-8)10(11)12-5-2/h1,8H,5-6H2,2-3H3. The molecule has 3 heteroatoms. The monoisotopic (exact) mass is 180 g/mol. The van der Waals surface area contributed by atoms with Gasteiger partial charge in [-0.1, -0.05) is 5.92 Å². The molecule has 0 radical (unpaired) electrons. The Morgan fingerprint density at radius 2 is 2.54 bits per heavy atom. The van der Waals surface area contributed by atoms with E-state index in [4.69, 9.17) is 15.9 Å². The predicted octanol–water partition coefficient (Wildman–Crippen LogP) is 1.25. The van der Waals surface area contributed by atoms with Crippen molar-refractivity contribution < 1.29 is 14.3 Å². The minimum atomic E-state index is -0.322. The van der Waals surface area contributed by atoms with Crippen molar-refractivity contribution >= 4 is 5.97 Å². The molecule has 70 valence electrons. The summed E-state index contributed by atoms with van der Waals surface area (Å²) < 4.78 is 10.1. The van der Waals surface area contributed by atoms with Crippen molar-refractivity contribution in [3.8, 4) is 12.3 Å². The highest BCUT2D eigenvalue weighted by Gasteiger charge is 2.27. The minimum Gasteiger partial charge on any atom is -0.481 e. The van der Waals surface area contributed by atoms with Gasteiger partial charge in [0.2, 0.25) is 0 Å². The van der Waals surface area contributed by atoms with E-state index in [0.717, 1.165) is 0 Å². The molecule has 1 rings (SSSR count). The van der Waals surface area contributed by atoms with Gasteiger partial charge < -0.3 is 9.47 Å². The number of hydrogen-bond donors (Lipinski definition) is 0. The van der Waals surface area contributed by atoms with Gasteiger partial charge in [0.1, 0.15) is 5.76 Å². The molecule has 0 aromatic carbocycles. The zero-order valence-electron chi connectivity index (χ0n) is 7.79. The third-order valence-corrected chi connectivity index (χ3v) is 1.84. The first-order valence-electron chi connectivity index (χ1n) is 4.18. The lowest BCUT2D eigenvalue weighted by Gasteiger charge is -2.00. The van der Waals surface area contributed by atoms with Gasteiger partial charge in [0, 0.05) is 6.42 Å². The van der Waals surface area contributed by atoms with Crippen LogP contribution in [0.1, 0.15) is 20.3 Å². The summed E-state index contributed by atoms with van der Waals surface area (Å²) >= 11 is 0. The second kappa shape index (κ2) is 3.99. The fraction of sp³-hybridized carbons (Fsp3) is 0.500. The first kappa shape index (κ1) is 9.66. The molecule has 0 aliphatic carbocycles. The molecule has 1 heterocycles. The van der Waals surface area contributed by atoms with Crippen LogP contribution in [0.5, 0.6) is 0 Å². The van der Waals surface area contributed by atoms with Gasteiger partial charge in [-0.25, -0.2) is 4.79 Å². The van der Waals surface area contributed by atoms with E-state index < -0.39 is 0 Å². The smallest absolute Gasteiger partial charge is 0.337 e. The summed E-state index contributed by atoms with van der Waals surface area (Å²) in [5.74, 6) is 2.71. The zero-order chi connectivity index (χ0) is 9.84. The van der Waals surface area contributed by atoms with Gasteiger partial charge >= 0.3 is 5.97 Å². The van der Waals surface area contributed by atoms with E-state index in [-0.39, 0.29) is 12.1 Å². The fourth-order valence-corrected chi connectivity index (χ4v) is 1.19. The summed E-state index contributed by atoms with van der Waals surface area (Å²) in [4.78, 5) is 11.3. The number of allylic oxidation sites excluding steroid dienone is 1. The van der Waals surface area contributed by atoms with Crippen LogP contribution in [0.4, 0.5) is 0 Å². The van der Waals surface area contributed by atoms with Gasteiger partial charge in [0.05, 0.1) is 12.2 Å². The first-order chi connectivity index (χ1) is 6.19. The highest BCUT2D eigenvalue weighted by molar-refractivity contribution is 5.89. The van der Waals surface area contributed by atoms with Gasteiger partial charge in [0.25, 0.3) is 0 Å². The average molecular weight is 180 g/mol. The molecule has 0 saturated carbocycles. The molecule has 0 fully saturated rings. The van der Waals surface area contributed by atoms with E-state index in [1.54, 1.807) is 13.8 Å². The molecule has 3 nitrogen and oxygen atoms in total. The van der Waals surface area contributed by atoms with Crippen LogP contribution in [0.3, 0.4) is 0 Å². The molecule has 0 bridgehead atoms. The van der Waals surface area contributed by atoms with Crippen molar-refractivity contribution in [2.75, 3.05) is 6.61 Å². The van der Waals surface area contributed by atoms with Crippen LogP contribution in [0.15, 0.2) is 11.3 Å². The van der Waals surface area contributed by atoms with E-state index in [9.17, 15) is 4.79 Å². The van der Waals surface area contributed by atoms with Gasteiger partial charge in [-0.2, -0.15) is 0 Å². The molecular formula is C10H12O3. The van der Waals surface area contributed by atoms with Gasteiger partial charge in [0.15, 0.2) is 6.10 Å². The van der Waals surface area contributed by atoms with Crippen LogP contribution >= 0.6 is 0 Å². The molecule has 1 aliphatic rings. The molecular weight excluding hydrogens is 168 g/mol. The Morgan fingerprint density at radius 1 is 1.85 bits per heavy atom. The average Bonchev–Trinajstić information content (AvgIpc) is 2.47. The second-order valence-corrected chi connectivity index (χ2v) is 2.73. The number of carbonyl (C=O) groups excluding carboxylic acids is 1. The highest BCUT2D eigenvalue weighted by atomic mass is 16.5. The largest absolute Gasteiger partial charge is 0.481 e. The fourth-order valence-electron chi connectivity index (χ4n) is 1.19. The number of terminal acetylenes is 1. The van der Waals surface area contributed by atoms with Crippen LogP contribution < -0.4 is 0 Å². The number of ether oxygens (including phenoxy) is 2. The second-order valence-electron chi connectivity index (χ2n) is 2.73. The van der Waals surface area contributed by atoms with Crippen LogP contribution in [0.25, 0.3) is 0 Å². The molecule has 0 saturated heterocycles. The third kappa shape index (κ3) is 2.03. The van der Waals surface area contributed by atoms with Crippen LogP contribution in [-0.2, 0) is 14.3 Å². The van der Waals surface area contributed by atoms with E-state index in [1.165, 1.54) is 0 Å². The topological polar surface area (TPSA) is 35.5 Å². The summed E-state index contributed by atoms with van der Waals surface area (Å²) in [7, 11) is 0. The molecule has 0 spiro atoms. The SMILES string of the molecule is C#CC1CC(C(=O)OCC)=C(C)O1. The van der Waals surface area contributed by atoms with E-state index in [0.29, 0.717) is 24.4 Å². The Balaban J connectivity index is 2.66. The van der Waals surface area contributed by atoms with Gasteiger partial charge in [-0.3, -0.25) is 0 Å². The maximum atomic E-state index is 11.3. The van der Waals surface area contributed by atoms with E-state index in [2.05, 4.69) is 5.92 Å². The highest BCUT2D eigenvalue weighted by Crippen LogP contribution is 2.25.